The molecule has 16 heavy (non-hydrogen) atoms. The molecule has 2 heteroatoms. The molecule has 0 atom stereocenters. The Hall–Kier alpha value is -1.54. The standard InChI is InChI=1S/C14H16N2/c1-2-4-13-7-14(6-5-12(13)3-1)16-10-11-8-15-9-11/h1-7,11,15-16H,8-10H2. The van der Waals surface area contributed by atoms with E-state index >= 15 is 0 Å². The first kappa shape index (κ1) is 9.67. The van der Waals surface area contributed by atoms with Gasteiger partial charge in [0.2, 0.25) is 0 Å². The summed E-state index contributed by atoms with van der Waals surface area (Å²) in [4.78, 5) is 0. The Morgan fingerprint density at radius 3 is 2.62 bits per heavy atom. The van der Waals surface area contributed by atoms with Gasteiger partial charge in [-0.1, -0.05) is 30.3 Å². The van der Waals surface area contributed by atoms with Crippen LogP contribution in [-0.2, 0) is 0 Å². The van der Waals surface area contributed by atoms with Crippen LogP contribution < -0.4 is 10.6 Å². The van der Waals surface area contributed by atoms with Crippen LogP contribution >= 0.6 is 0 Å². The second-order valence-corrected chi connectivity index (χ2v) is 4.47. The van der Waals surface area contributed by atoms with Crippen LogP contribution in [0, 0.1) is 5.92 Å². The summed E-state index contributed by atoms with van der Waals surface area (Å²) in [6.45, 7) is 3.38. The van der Waals surface area contributed by atoms with Gasteiger partial charge in [0.05, 0.1) is 0 Å². The quantitative estimate of drug-likeness (QED) is 0.816. The minimum absolute atomic E-state index is 0.798. The number of hydrogen-bond donors (Lipinski definition) is 2. The molecule has 2 aromatic carbocycles. The van der Waals surface area contributed by atoms with Gasteiger partial charge in [0.1, 0.15) is 0 Å². The van der Waals surface area contributed by atoms with Crippen molar-refractivity contribution >= 4 is 16.5 Å². The van der Waals surface area contributed by atoms with Crippen molar-refractivity contribution in [2.24, 2.45) is 5.92 Å². The summed E-state index contributed by atoms with van der Waals surface area (Å²) in [5.41, 5.74) is 1.23. The van der Waals surface area contributed by atoms with Gasteiger partial charge in [-0.2, -0.15) is 0 Å². The molecular formula is C14H16N2. The van der Waals surface area contributed by atoms with E-state index in [1.54, 1.807) is 0 Å². The van der Waals surface area contributed by atoms with Crippen LogP contribution in [-0.4, -0.2) is 19.6 Å². The van der Waals surface area contributed by atoms with Crippen LogP contribution in [0.25, 0.3) is 10.8 Å². The van der Waals surface area contributed by atoms with Crippen molar-refractivity contribution < 1.29 is 0 Å². The Kier molecular flexibility index (Phi) is 2.50. The van der Waals surface area contributed by atoms with Crippen LogP contribution in [0.15, 0.2) is 42.5 Å². The molecule has 0 aliphatic carbocycles. The minimum Gasteiger partial charge on any atom is -0.385 e. The summed E-state index contributed by atoms with van der Waals surface area (Å²) < 4.78 is 0. The maximum atomic E-state index is 3.50. The van der Waals surface area contributed by atoms with E-state index in [1.165, 1.54) is 16.5 Å². The van der Waals surface area contributed by atoms with Crippen LogP contribution in [0.4, 0.5) is 5.69 Å². The van der Waals surface area contributed by atoms with Crippen LogP contribution in [0.2, 0.25) is 0 Å². The van der Waals surface area contributed by atoms with Gasteiger partial charge in [0.25, 0.3) is 0 Å². The second kappa shape index (κ2) is 4.14. The molecule has 2 N–H and O–H groups in total. The van der Waals surface area contributed by atoms with Crippen LogP contribution in [0.1, 0.15) is 0 Å². The SMILES string of the molecule is c1ccc2cc(NCC3CNC3)ccc2c1. The molecule has 0 saturated carbocycles. The highest BCUT2D eigenvalue weighted by molar-refractivity contribution is 5.85. The van der Waals surface area contributed by atoms with Crippen molar-refractivity contribution in [3.63, 3.8) is 0 Å². The fraction of sp³-hybridized carbons (Fsp3) is 0.286. The molecule has 0 unspecified atom stereocenters. The lowest BCUT2D eigenvalue weighted by molar-refractivity contribution is 0.365. The van der Waals surface area contributed by atoms with Gasteiger partial charge < -0.3 is 10.6 Å². The molecule has 0 radical (unpaired) electrons. The highest BCUT2D eigenvalue weighted by Gasteiger charge is 2.15. The van der Waals surface area contributed by atoms with E-state index in [9.17, 15) is 0 Å². The van der Waals surface area contributed by atoms with Crippen molar-refractivity contribution in [3.05, 3.63) is 42.5 Å². The summed E-state index contributed by atoms with van der Waals surface area (Å²) in [6, 6.07) is 15.0. The Labute approximate surface area is 95.7 Å². The molecule has 1 fully saturated rings. The Morgan fingerprint density at radius 1 is 1.06 bits per heavy atom. The molecule has 1 saturated heterocycles. The number of nitrogens with one attached hydrogen (secondary N) is 2. The summed E-state index contributed by atoms with van der Waals surface area (Å²) >= 11 is 0. The lowest BCUT2D eigenvalue weighted by Crippen LogP contribution is -2.45. The maximum absolute atomic E-state index is 3.50. The first-order valence-electron chi connectivity index (χ1n) is 5.85. The number of anilines is 1. The molecule has 0 spiro atoms. The number of fused-ring (bicyclic) bond motifs is 1. The summed E-state index contributed by atoms with van der Waals surface area (Å²) in [6.07, 6.45) is 0. The molecule has 1 aliphatic rings. The van der Waals surface area contributed by atoms with Crippen molar-refractivity contribution in [2.75, 3.05) is 25.0 Å². The monoisotopic (exact) mass is 212 g/mol. The second-order valence-electron chi connectivity index (χ2n) is 4.47. The zero-order valence-corrected chi connectivity index (χ0v) is 9.24. The molecule has 0 aromatic heterocycles. The molecule has 1 heterocycles. The fourth-order valence-corrected chi connectivity index (χ4v) is 2.05. The van der Waals surface area contributed by atoms with Crippen molar-refractivity contribution in [1.29, 1.82) is 0 Å². The van der Waals surface area contributed by atoms with Gasteiger partial charge in [-0.3, -0.25) is 0 Å². The predicted molar refractivity (Wildman–Crippen MR) is 68.8 cm³/mol. The molecular weight excluding hydrogens is 196 g/mol. The third-order valence-electron chi connectivity index (χ3n) is 3.21. The fourth-order valence-electron chi connectivity index (χ4n) is 2.05. The molecule has 2 nitrogen and oxygen atoms in total. The van der Waals surface area contributed by atoms with Gasteiger partial charge in [-0.15, -0.1) is 0 Å². The molecule has 0 amide bonds. The first-order valence-corrected chi connectivity index (χ1v) is 5.85. The number of benzene rings is 2. The summed E-state index contributed by atoms with van der Waals surface area (Å²) in [7, 11) is 0. The van der Waals surface area contributed by atoms with Crippen LogP contribution in [0.5, 0.6) is 0 Å². The average Bonchev–Trinajstić information content (AvgIpc) is 2.27. The van der Waals surface area contributed by atoms with Gasteiger partial charge in [0, 0.05) is 31.2 Å². The van der Waals surface area contributed by atoms with E-state index in [0.29, 0.717) is 0 Å². The van der Waals surface area contributed by atoms with Gasteiger partial charge >= 0.3 is 0 Å². The van der Waals surface area contributed by atoms with E-state index in [1.807, 2.05) is 0 Å². The van der Waals surface area contributed by atoms with E-state index in [2.05, 4.69) is 53.1 Å². The molecule has 2 aromatic rings. The van der Waals surface area contributed by atoms with Crippen molar-refractivity contribution in [1.82, 2.24) is 5.32 Å². The normalized spacial score (nSPS) is 16.0. The predicted octanol–water partition coefficient (Wildman–Crippen LogP) is 2.47. The molecule has 1 aliphatic heterocycles. The van der Waals surface area contributed by atoms with Crippen molar-refractivity contribution in [3.8, 4) is 0 Å². The average molecular weight is 212 g/mol. The molecule has 82 valence electrons. The Bertz CT molecular complexity index is 489. The van der Waals surface area contributed by atoms with E-state index in [4.69, 9.17) is 0 Å². The first-order chi connectivity index (χ1) is 7.92. The van der Waals surface area contributed by atoms with Crippen LogP contribution in [0.3, 0.4) is 0 Å². The summed E-state index contributed by atoms with van der Waals surface area (Å²) in [5.74, 6) is 0.798. The van der Waals surface area contributed by atoms with E-state index in [-0.39, 0.29) is 0 Å². The van der Waals surface area contributed by atoms with Gasteiger partial charge in [-0.25, -0.2) is 0 Å². The zero-order chi connectivity index (χ0) is 10.8. The molecule has 0 bridgehead atoms. The third kappa shape index (κ3) is 1.89. The highest BCUT2D eigenvalue weighted by atomic mass is 15.0. The smallest absolute Gasteiger partial charge is 0.0346 e. The topological polar surface area (TPSA) is 24.1 Å². The van der Waals surface area contributed by atoms with E-state index in [0.717, 1.165) is 25.6 Å². The molecule has 3 rings (SSSR count). The number of rotatable bonds is 3. The Morgan fingerprint density at radius 2 is 1.88 bits per heavy atom. The number of hydrogen-bond acceptors (Lipinski definition) is 2. The van der Waals surface area contributed by atoms with Crippen molar-refractivity contribution in [2.45, 2.75) is 0 Å². The summed E-state index contributed by atoms with van der Waals surface area (Å²) in [5, 5.41) is 9.39. The van der Waals surface area contributed by atoms with Gasteiger partial charge in [-0.05, 0) is 22.9 Å². The maximum Gasteiger partial charge on any atom is 0.0346 e. The Balaban J connectivity index is 1.76. The lowest BCUT2D eigenvalue weighted by Gasteiger charge is -2.27. The van der Waals surface area contributed by atoms with Gasteiger partial charge in [0.15, 0.2) is 0 Å². The third-order valence-corrected chi connectivity index (χ3v) is 3.21. The highest BCUT2D eigenvalue weighted by Crippen LogP contribution is 2.19. The lowest BCUT2D eigenvalue weighted by atomic mass is 10.0. The zero-order valence-electron chi connectivity index (χ0n) is 9.24. The largest absolute Gasteiger partial charge is 0.385 e. The minimum atomic E-state index is 0.798. The van der Waals surface area contributed by atoms with E-state index < -0.39 is 0 Å².